The molecule has 18 heavy (non-hydrogen) atoms. The summed E-state index contributed by atoms with van der Waals surface area (Å²) >= 11 is 0. The third-order valence-corrected chi connectivity index (χ3v) is 2.49. The highest BCUT2D eigenvalue weighted by Crippen LogP contribution is 2.18. The lowest BCUT2D eigenvalue weighted by molar-refractivity contribution is -0.147. The number of nitriles is 1. The zero-order valence-electron chi connectivity index (χ0n) is 11.3. The van der Waals surface area contributed by atoms with Crippen LogP contribution in [0.2, 0.25) is 0 Å². The molecule has 1 unspecified atom stereocenters. The van der Waals surface area contributed by atoms with Crippen molar-refractivity contribution in [2.24, 2.45) is 0 Å². The summed E-state index contributed by atoms with van der Waals surface area (Å²) in [5.74, 6) is 0. The van der Waals surface area contributed by atoms with Crippen molar-refractivity contribution in [2.75, 3.05) is 26.2 Å². The van der Waals surface area contributed by atoms with E-state index in [1.165, 1.54) is 4.90 Å². The second-order valence-electron chi connectivity index (χ2n) is 4.70. The Hall–Kier alpha value is -0.800. The van der Waals surface area contributed by atoms with Gasteiger partial charge in [0.2, 0.25) is 0 Å². The molecule has 1 atom stereocenters. The SMILES string of the molecule is CCCNC(C)(C#N)CN(CCC)CC(F)(F)F. The van der Waals surface area contributed by atoms with Gasteiger partial charge in [-0.05, 0) is 32.9 Å². The molecule has 0 bridgehead atoms. The van der Waals surface area contributed by atoms with Gasteiger partial charge in [-0.3, -0.25) is 10.2 Å². The van der Waals surface area contributed by atoms with Gasteiger partial charge in [0.25, 0.3) is 0 Å². The van der Waals surface area contributed by atoms with E-state index in [0.29, 0.717) is 19.5 Å². The molecule has 1 N–H and O–H groups in total. The summed E-state index contributed by atoms with van der Waals surface area (Å²) in [6, 6.07) is 2.07. The summed E-state index contributed by atoms with van der Waals surface area (Å²) in [5, 5.41) is 12.1. The van der Waals surface area contributed by atoms with Crippen LogP contribution in [0, 0.1) is 11.3 Å². The maximum Gasteiger partial charge on any atom is 0.401 e. The molecule has 0 spiro atoms. The zero-order valence-corrected chi connectivity index (χ0v) is 11.3. The predicted octanol–water partition coefficient (Wildman–Crippen LogP) is 2.54. The molecule has 0 aliphatic rings. The number of alkyl halides is 3. The maximum atomic E-state index is 12.4. The molecule has 0 fully saturated rings. The third-order valence-electron chi connectivity index (χ3n) is 2.49. The first-order chi connectivity index (χ1) is 8.26. The molecule has 106 valence electrons. The lowest BCUT2D eigenvalue weighted by Crippen LogP contribution is -2.52. The summed E-state index contributed by atoms with van der Waals surface area (Å²) in [7, 11) is 0. The zero-order chi connectivity index (χ0) is 14.2. The molecule has 0 aliphatic carbocycles. The van der Waals surface area contributed by atoms with E-state index in [-0.39, 0.29) is 6.54 Å². The fourth-order valence-electron chi connectivity index (χ4n) is 1.76. The van der Waals surface area contributed by atoms with Crippen molar-refractivity contribution in [3.05, 3.63) is 0 Å². The van der Waals surface area contributed by atoms with E-state index < -0.39 is 18.3 Å². The number of rotatable bonds is 8. The van der Waals surface area contributed by atoms with Crippen LogP contribution in [0.5, 0.6) is 0 Å². The summed E-state index contributed by atoms with van der Waals surface area (Å²) in [5.41, 5.74) is -0.934. The Morgan fingerprint density at radius 3 is 2.17 bits per heavy atom. The lowest BCUT2D eigenvalue weighted by atomic mass is 10.0. The van der Waals surface area contributed by atoms with Gasteiger partial charge in [-0.15, -0.1) is 0 Å². The van der Waals surface area contributed by atoms with Gasteiger partial charge in [0.1, 0.15) is 5.54 Å². The number of nitrogens with zero attached hydrogens (tertiary/aromatic N) is 2. The van der Waals surface area contributed by atoms with Crippen LogP contribution in [0.1, 0.15) is 33.6 Å². The number of nitrogens with one attached hydrogen (secondary N) is 1. The summed E-state index contributed by atoms with van der Waals surface area (Å²) < 4.78 is 37.2. The average Bonchev–Trinajstić information content (AvgIpc) is 2.24. The van der Waals surface area contributed by atoms with Gasteiger partial charge < -0.3 is 0 Å². The predicted molar refractivity (Wildman–Crippen MR) is 65.1 cm³/mol. The van der Waals surface area contributed by atoms with Gasteiger partial charge in [0.15, 0.2) is 0 Å². The van der Waals surface area contributed by atoms with E-state index in [9.17, 15) is 13.2 Å². The number of hydrogen-bond acceptors (Lipinski definition) is 3. The highest BCUT2D eigenvalue weighted by atomic mass is 19.4. The van der Waals surface area contributed by atoms with Crippen LogP contribution in [-0.4, -0.2) is 42.8 Å². The smallest absolute Gasteiger partial charge is 0.299 e. The van der Waals surface area contributed by atoms with Gasteiger partial charge in [-0.1, -0.05) is 13.8 Å². The molecule has 0 saturated heterocycles. The van der Waals surface area contributed by atoms with Gasteiger partial charge in [-0.2, -0.15) is 18.4 Å². The van der Waals surface area contributed by atoms with Crippen LogP contribution in [0.3, 0.4) is 0 Å². The van der Waals surface area contributed by atoms with Crippen LogP contribution in [0.15, 0.2) is 0 Å². The first-order valence-electron chi connectivity index (χ1n) is 6.21. The fraction of sp³-hybridized carbons (Fsp3) is 0.917. The number of hydrogen-bond donors (Lipinski definition) is 1. The molecule has 0 aromatic rings. The van der Waals surface area contributed by atoms with Crippen molar-refractivity contribution < 1.29 is 13.2 Å². The van der Waals surface area contributed by atoms with E-state index in [2.05, 4.69) is 11.4 Å². The Kier molecular flexibility index (Phi) is 7.26. The quantitative estimate of drug-likeness (QED) is 0.733. The standard InChI is InChI=1S/C12H22F3N3/c1-4-6-17-11(3,8-16)9-18(7-5-2)10-12(13,14)15/h17H,4-7,9-10H2,1-3H3. The Morgan fingerprint density at radius 2 is 1.78 bits per heavy atom. The monoisotopic (exact) mass is 265 g/mol. The third kappa shape index (κ3) is 7.51. The van der Waals surface area contributed by atoms with E-state index >= 15 is 0 Å². The molecule has 0 amide bonds. The first-order valence-corrected chi connectivity index (χ1v) is 6.21. The molecular formula is C12H22F3N3. The maximum absolute atomic E-state index is 12.4. The largest absolute Gasteiger partial charge is 0.401 e. The Labute approximate surface area is 107 Å². The van der Waals surface area contributed by atoms with Crippen molar-refractivity contribution in [1.29, 1.82) is 5.26 Å². The van der Waals surface area contributed by atoms with E-state index in [1.54, 1.807) is 6.92 Å². The van der Waals surface area contributed by atoms with E-state index in [0.717, 1.165) is 6.42 Å². The molecule has 0 aliphatic heterocycles. The van der Waals surface area contributed by atoms with Gasteiger partial charge in [0.05, 0.1) is 12.6 Å². The minimum atomic E-state index is -4.23. The molecule has 0 radical (unpaired) electrons. The van der Waals surface area contributed by atoms with Crippen LogP contribution in [0.25, 0.3) is 0 Å². The highest BCUT2D eigenvalue weighted by Gasteiger charge is 2.34. The summed E-state index contributed by atoms with van der Waals surface area (Å²) in [6.07, 6.45) is -2.76. The van der Waals surface area contributed by atoms with Gasteiger partial charge >= 0.3 is 6.18 Å². The first kappa shape index (κ1) is 17.2. The molecule has 0 heterocycles. The second kappa shape index (κ2) is 7.59. The lowest BCUT2D eigenvalue weighted by Gasteiger charge is -2.31. The Bertz CT molecular complexity index is 273. The second-order valence-corrected chi connectivity index (χ2v) is 4.70. The van der Waals surface area contributed by atoms with Crippen LogP contribution in [0.4, 0.5) is 13.2 Å². The Morgan fingerprint density at radius 1 is 1.17 bits per heavy atom. The molecular weight excluding hydrogens is 243 g/mol. The minimum Gasteiger partial charge on any atom is -0.299 e. The number of halogens is 3. The van der Waals surface area contributed by atoms with Crippen molar-refractivity contribution in [3.8, 4) is 6.07 Å². The minimum absolute atomic E-state index is 0.0802. The highest BCUT2D eigenvalue weighted by molar-refractivity contribution is 5.05. The van der Waals surface area contributed by atoms with Crippen molar-refractivity contribution in [2.45, 2.75) is 45.3 Å². The van der Waals surface area contributed by atoms with Crippen molar-refractivity contribution in [1.82, 2.24) is 10.2 Å². The molecule has 0 saturated carbocycles. The molecule has 0 rings (SSSR count). The van der Waals surface area contributed by atoms with Crippen LogP contribution >= 0.6 is 0 Å². The normalized spacial score (nSPS) is 15.4. The van der Waals surface area contributed by atoms with E-state index in [1.807, 2.05) is 13.8 Å². The molecule has 0 aromatic heterocycles. The van der Waals surface area contributed by atoms with Gasteiger partial charge in [-0.25, -0.2) is 0 Å². The molecule has 6 heteroatoms. The molecule has 3 nitrogen and oxygen atoms in total. The average molecular weight is 265 g/mol. The van der Waals surface area contributed by atoms with Crippen molar-refractivity contribution in [3.63, 3.8) is 0 Å². The van der Waals surface area contributed by atoms with Gasteiger partial charge in [0, 0.05) is 6.54 Å². The Balaban J connectivity index is 4.58. The summed E-state index contributed by atoms with van der Waals surface area (Å²) in [6.45, 7) is 5.49. The fourth-order valence-corrected chi connectivity index (χ4v) is 1.76. The molecule has 0 aromatic carbocycles. The summed E-state index contributed by atoms with van der Waals surface area (Å²) in [4.78, 5) is 1.28. The van der Waals surface area contributed by atoms with Crippen molar-refractivity contribution >= 4 is 0 Å². The van der Waals surface area contributed by atoms with E-state index in [4.69, 9.17) is 5.26 Å². The van der Waals surface area contributed by atoms with Crippen LogP contribution < -0.4 is 5.32 Å². The topological polar surface area (TPSA) is 39.1 Å². The van der Waals surface area contributed by atoms with Crippen LogP contribution in [-0.2, 0) is 0 Å².